The Morgan fingerprint density at radius 3 is 3.00 bits per heavy atom. The predicted molar refractivity (Wildman–Crippen MR) is 68.0 cm³/mol. The van der Waals surface area contributed by atoms with E-state index in [9.17, 15) is 0 Å². The first-order chi connectivity index (χ1) is 8.33. The van der Waals surface area contributed by atoms with Gasteiger partial charge in [0.1, 0.15) is 0 Å². The number of rotatable bonds is 2. The van der Waals surface area contributed by atoms with Crippen LogP contribution in [0.4, 0.5) is 11.5 Å². The number of aromatic amines is 1. The summed E-state index contributed by atoms with van der Waals surface area (Å²) in [7, 11) is 0. The molecule has 1 fully saturated rings. The van der Waals surface area contributed by atoms with Crippen molar-refractivity contribution in [2.75, 3.05) is 24.3 Å². The van der Waals surface area contributed by atoms with Gasteiger partial charge in [-0.3, -0.25) is 5.10 Å². The number of hydrogen-bond acceptors (Lipinski definition) is 4. The van der Waals surface area contributed by atoms with Crippen LogP contribution in [0.3, 0.4) is 0 Å². The number of nitrogens with two attached hydrogens (primary N) is 1. The lowest BCUT2D eigenvalue weighted by Crippen LogP contribution is -2.28. The summed E-state index contributed by atoms with van der Waals surface area (Å²) in [5.74, 6) is 0.909. The summed E-state index contributed by atoms with van der Waals surface area (Å²) < 4.78 is 5.34. The van der Waals surface area contributed by atoms with Gasteiger partial charge in [-0.25, -0.2) is 0 Å². The number of anilines is 2. The van der Waals surface area contributed by atoms with Gasteiger partial charge < -0.3 is 15.8 Å². The Bertz CT molecular complexity index is 516. The largest absolute Gasteiger partial charge is 0.399 e. The third kappa shape index (κ3) is 2.06. The number of H-pyrrole nitrogens is 1. The van der Waals surface area contributed by atoms with Crippen molar-refractivity contribution in [1.29, 1.82) is 0 Å². The molecule has 1 aromatic carbocycles. The number of hydrogen-bond donors (Lipinski definition) is 3. The number of ether oxygens (including phenoxy) is 1. The van der Waals surface area contributed by atoms with Crippen LogP contribution in [0.1, 0.15) is 12.8 Å². The highest BCUT2D eigenvalue weighted by Gasteiger charge is 2.15. The summed E-state index contributed by atoms with van der Waals surface area (Å²) in [5, 5.41) is 11.8. The number of aromatic nitrogens is 2. The average Bonchev–Trinajstić information content (AvgIpc) is 2.73. The molecular weight excluding hydrogens is 216 g/mol. The highest BCUT2D eigenvalue weighted by molar-refractivity contribution is 5.91. The molecule has 0 spiro atoms. The lowest BCUT2D eigenvalue weighted by atomic mass is 10.1. The van der Waals surface area contributed by atoms with E-state index < -0.39 is 0 Å². The van der Waals surface area contributed by atoms with Crippen LogP contribution in [0, 0.1) is 0 Å². The summed E-state index contributed by atoms with van der Waals surface area (Å²) in [6, 6.07) is 6.24. The van der Waals surface area contributed by atoms with Gasteiger partial charge in [0, 0.05) is 30.3 Å². The molecule has 90 valence electrons. The molecule has 2 aromatic rings. The van der Waals surface area contributed by atoms with E-state index in [4.69, 9.17) is 10.5 Å². The van der Waals surface area contributed by atoms with E-state index in [-0.39, 0.29) is 0 Å². The Morgan fingerprint density at radius 1 is 1.35 bits per heavy atom. The number of benzene rings is 1. The maximum Gasteiger partial charge on any atom is 0.155 e. The van der Waals surface area contributed by atoms with E-state index in [1.807, 2.05) is 18.2 Å². The summed E-state index contributed by atoms with van der Waals surface area (Å²) in [4.78, 5) is 0. The normalized spacial score (nSPS) is 17.4. The van der Waals surface area contributed by atoms with E-state index >= 15 is 0 Å². The average molecular weight is 232 g/mol. The van der Waals surface area contributed by atoms with E-state index in [0.717, 1.165) is 48.5 Å². The predicted octanol–water partition coefficient (Wildman–Crippen LogP) is 1.74. The first-order valence-electron chi connectivity index (χ1n) is 5.91. The zero-order valence-corrected chi connectivity index (χ0v) is 9.57. The standard InChI is InChI=1S/C12H16N4O/c13-8-1-2-10-11(7-8)15-16-12(10)14-9-3-5-17-6-4-9/h1-2,7,9H,3-6,13H2,(H2,14,15,16). The van der Waals surface area contributed by atoms with Crippen LogP contribution in [-0.2, 0) is 4.74 Å². The van der Waals surface area contributed by atoms with Gasteiger partial charge >= 0.3 is 0 Å². The molecule has 0 aliphatic carbocycles. The van der Waals surface area contributed by atoms with Crippen molar-refractivity contribution in [3.8, 4) is 0 Å². The van der Waals surface area contributed by atoms with Crippen molar-refractivity contribution in [3.05, 3.63) is 18.2 Å². The Balaban J connectivity index is 1.84. The molecule has 5 heteroatoms. The molecule has 2 heterocycles. The summed E-state index contributed by atoms with van der Waals surface area (Å²) >= 11 is 0. The van der Waals surface area contributed by atoms with E-state index in [1.54, 1.807) is 0 Å². The van der Waals surface area contributed by atoms with Gasteiger partial charge in [-0.15, -0.1) is 0 Å². The maximum atomic E-state index is 5.73. The fourth-order valence-electron chi connectivity index (χ4n) is 2.18. The van der Waals surface area contributed by atoms with Gasteiger partial charge in [0.2, 0.25) is 0 Å². The molecule has 5 nitrogen and oxygen atoms in total. The minimum atomic E-state index is 0.452. The Hall–Kier alpha value is -1.75. The van der Waals surface area contributed by atoms with Crippen LogP contribution < -0.4 is 11.1 Å². The summed E-state index contributed by atoms with van der Waals surface area (Å²) in [6.07, 6.45) is 2.06. The van der Waals surface area contributed by atoms with Crippen molar-refractivity contribution in [3.63, 3.8) is 0 Å². The molecular formula is C12H16N4O. The maximum absolute atomic E-state index is 5.73. The van der Waals surface area contributed by atoms with E-state index in [1.165, 1.54) is 0 Å². The van der Waals surface area contributed by atoms with Crippen molar-refractivity contribution in [2.45, 2.75) is 18.9 Å². The molecule has 17 heavy (non-hydrogen) atoms. The molecule has 0 atom stereocenters. The highest BCUT2D eigenvalue weighted by Crippen LogP contribution is 2.24. The van der Waals surface area contributed by atoms with Crippen LogP contribution in [0.5, 0.6) is 0 Å². The zero-order valence-electron chi connectivity index (χ0n) is 9.57. The van der Waals surface area contributed by atoms with Crippen LogP contribution in [0.2, 0.25) is 0 Å². The molecule has 3 rings (SSSR count). The van der Waals surface area contributed by atoms with Crippen LogP contribution in [-0.4, -0.2) is 29.5 Å². The highest BCUT2D eigenvalue weighted by atomic mass is 16.5. The molecule has 0 saturated carbocycles. The van der Waals surface area contributed by atoms with Crippen LogP contribution >= 0.6 is 0 Å². The number of nitrogen functional groups attached to an aromatic ring is 1. The lowest BCUT2D eigenvalue weighted by Gasteiger charge is -2.23. The zero-order chi connectivity index (χ0) is 11.7. The van der Waals surface area contributed by atoms with Gasteiger partial charge in [0.05, 0.1) is 5.52 Å². The first-order valence-corrected chi connectivity index (χ1v) is 5.91. The fraction of sp³-hybridized carbons (Fsp3) is 0.417. The molecule has 1 aliphatic heterocycles. The van der Waals surface area contributed by atoms with Gasteiger partial charge in [0.25, 0.3) is 0 Å². The smallest absolute Gasteiger partial charge is 0.155 e. The third-order valence-corrected chi connectivity index (χ3v) is 3.15. The van der Waals surface area contributed by atoms with Gasteiger partial charge in [-0.05, 0) is 31.0 Å². The number of nitrogens with zero attached hydrogens (tertiary/aromatic N) is 1. The van der Waals surface area contributed by atoms with Crippen molar-refractivity contribution < 1.29 is 4.74 Å². The molecule has 4 N–H and O–H groups in total. The van der Waals surface area contributed by atoms with Crippen LogP contribution in [0.15, 0.2) is 18.2 Å². The second kappa shape index (κ2) is 4.25. The summed E-state index contributed by atoms with van der Waals surface area (Å²) in [5.41, 5.74) is 7.45. The van der Waals surface area contributed by atoms with E-state index in [2.05, 4.69) is 15.5 Å². The molecule has 1 aliphatic rings. The lowest BCUT2D eigenvalue weighted by molar-refractivity contribution is 0.0904. The third-order valence-electron chi connectivity index (χ3n) is 3.15. The first kappa shape index (κ1) is 10.4. The molecule has 0 bridgehead atoms. The second-order valence-corrected chi connectivity index (χ2v) is 4.41. The molecule has 0 unspecified atom stereocenters. The van der Waals surface area contributed by atoms with E-state index in [0.29, 0.717) is 6.04 Å². The monoisotopic (exact) mass is 232 g/mol. The Kier molecular flexibility index (Phi) is 2.60. The second-order valence-electron chi connectivity index (χ2n) is 4.41. The van der Waals surface area contributed by atoms with Crippen molar-refractivity contribution in [2.24, 2.45) is 0 Å². The van der Waals surface area contributed by atoms with Crippen molar-refractivity contribution >= 4 is 22.4 Å². The molecule has 1 saturated heterocycles. The quantitative estimate of drug-likeness (QED) is 0.689. The molecule has 0 radical (unpaired) electrons. The fourth-order valence-corrected chi connectivity index (χ4v) is 2.18. The number of fused-ring (bicyclic) bond motifs is 1. The van der Waals surface area contributed by atoms with Gasteiger partial charge in [-0.1, -0.05) is 0 Å². The topological polar surface area (TPSA) is 76.0 Å². The molecule has 0 amide bonds. The Morgan fingerprint density at radius 2 is 2.18 bits per heavy atom. The summed E-state index contributed by atoms with van der Waals surface area (Å²) in [6.45, 7) is 1.65. The SMILES string of the molecule is Nc1ccc2c(NC3CCOCC3)n[nH]c2c1. The molecule has 1 aromatic heterocycles. The van der Waals surface area contributed by atoms with Crippen molar-refractivity contribution in [1.82, 2.24) is 10.2 Å². The minimum Gasteiger partial charge on any atom is -0.399 e. The number of nitrogens with one attached hydrogen (secondary N) is 2. The minimum absolute atomic E-state index is 0.452. The van der Waals surface area contributed by atoms with Gasteiger partial charge in [0.15, 0.2) is 5.82 Å². The van der Waals surface area contributed by atoms with Crippen LogP contribution in [0.25, 0.3) is 10.9 Å². The Labute approximate surface area is 99.3 Å². The van der Waals surface area contributed by atoms with Gasteiger partial charge in [-0.2, -0.15) is 5.10 Å².